The highest BCUT2D eigenvalue weighted by atomic mass is 19.1. The van der Waals surface area contributed by atoms with Crippen molar-refractivity contribution in [3.63, 3.8) is 0 Å². The average molecular weight is 240 g/mol. The first-order chi connectivity index (χ1) is 8.10. The number of likely N-dealkylation sites (N-methyl/N-ethyl adjacent to an activating group) is 2. The lowest BCUT2D eigenvalue weighted by Gasteiger charge is -2.20. The van der Waals surface area contributed by atoms with E-state index in [4.69, 9.17) is 4.74 Å². The van der Waals surface area contributed by atoms with Crippen molar-refractivity contribution in [2.45, 2.75) is 6.92 Å². The zero-order valence-corrected chi connectivity index (χ0v) is 10.3. The van der Waals surface area contributed by atoms with Gasteiger partial charge in [-0.1, -0.05) is 6.92 Å². The highest BCUT2D eigenvalue weighted by Gasteiger charge is 2.15. The second-order valence-electron chi connectivity index (χ2n) is 3.55. The molecule has 1 amide bonds. The minimum absolute atomic E-state index is 0.143. The molecule has 0 saturated carbocycles. The molecule has 17 heavy (non-hydrogen) atoms. The molecule has 0 aliphatic carbocycles. The van der Waals surface area contributed by atoms with E-state index in [1.807, 2.05) is 6.92 Å². The molecular formula is C12H17FN2O2. The third-order valence-electron chi connectivity index (χ3n) is 2.40. The maximum Gasteiger partial charge on any atom is 0.240 e. The normalized spacial score (nSPS) is 10.1. The Morgan fingerprint density at radius 2 is 2.24 bits per heavy atom. The molecule has 0 bridgehead atoms. The minimum atomic E-state index is -0.399. The highest BCUT2D eigenvalue weighted by molar-refractivity contribution is 5.95. The van der Waals surface area contributed by atoms with Crippen molar-refractivity contribution in [3.05, 3.63) is 24.0 Å². The molecule has 0 aromatic heterocycles. The molecule has 1 aromatic rings. The molecule has 0 fully saturated rings. The van der Waals surface area contributed by atoms with Crippen LogP contribution in [0, 0.1) is 5.82 Å². The fourth-order valence-electron chi connectivity index (χ4n) is 1.41. The lowest BCUT2D eigenvalue weighted by molar-refractivity contribution is -0.117. The smallest absolute Gasteiger partial charge is 0.240 e. The van der Waals surface area contributed by atoms with Crippen molar-refractivity contribution in [2.24, 2.45) is 0 Å². The van der Waals surface area contributed by atoms with E-state index >= 15 is 0 Å². The summed E-state index contributed by atoms with van der Waals surface area (Å²) in [6.07, 6.45) is 0. The molecular weight excluding hydrogens is 223 g/mol. The Balaban J connectivity index is 2.90. The van der Waals surface area contributed by atoms with Gasteiger partial charge in [-0.2, -0.15) is 0 Å². The van der Waals surface area contributed by atoms with Gasteiger partial charge < -0.3 is 15.0 Å². The molecule has 5 heteroatoms. The summed E-state index contributed by atoms with van der Waals surface area (Å²) in [7, 11) is 3.08. The number of nitrogens with zero attached hydrogens (tertiary/aromatic N) is 1. The zero-order valence-electron chi connectivity index (χ0n) is 10.3. The lowest BCUT2D eigenvalue weighted by atomic mass is 10.2. The third kappa shape index (κ3) is 3.42. The van der Waals surface area contributed by atoms with E-state index in [2.05, 4.69) is 5.32 Å². The van der Waals surface area contributed by atoms with Gasteiger partial charge >= 0.3 is 0 Å². The summed E-state index contributed by atoms with van der Waals surface area (Å²) < 4.78 is 18.2. The summed E-state index contributed by atoms with van der Waals surface area (Å²) in [6.45, 7) is 2.84. The van der Waals surface area contributed by atoms with E-state index in [1.165, 1.54) is 30.2 Å². The maximum atomic E-state index is 13.2. The number of rotatable bonds is 5. The number of amides is 1. The van der Waals surface area contributed by atoms with Gasteiger partial charge in [-0.25, -0.2) is 4.39 Å². The highest BCUT2D eigenvalue weighted by Crippen LogP contribution is 2.27. The Labute approximate surface area is 100 Å². The fraction of sp³-hybridized carbons (Fsp3) is 0.417. The standard InChI is InChI=1S/C12H17FN2O2/c1-4-14-8-12(16)15(2)10-7-9(13)5-6-11(10)17-3/h5-7,14H,4,8H2,1-3H3. The van der Waals surface area contributed by atoms with Crippen molar-refractivity contribution < 1.29 is 13.9 Å². The Morgan fingerprint density at radius 1 is 1.53 bits per heavy atom. The number of halogens is 1. The molecule has 0 aliphatic rings. The molecule has 0 radical (unpaired) electrons. The lowest BCUT2D eigenvalue weighted by Crippen LogP contribution is -2.35. The second kappa shape index (κ2) is 6.20. The number of benzene rings is 1. The zero-order chi connectivity index (χ0) is 12.8. The molecule has 0 unspecified atom stereocenters. The van der Waals surface area contributed by atoms with Gasteiger partial charge in [0, 0.05) is 13.1 Å². The van der Waals surface area contributed by atoms with Gasteiger partial charge in [-0.3, -0.25) is 4.79 Å². The topological polar surface area (TPSA) is 41.6 Å². The second-order valence-corrected chi connectivity index (χ2v) is 3.55. The van der Waals surface area contributed by atoms with E-state index in [-0.39, 0.29) is 12.5 Å². The number of anilines is 1. The van der Waals surface area contributed by atoms with Crippen LogP contribution in [0.25, 0.3) is 0 Å². The predicted octanol–water partition coefficient (Wildman–Crippen LogP) is 1.41. The quantitative estimate of drug-likeness (QED) is 0.846. The first-order valence-electron chi connectivity index (χ1n) is 5.41. The van der Waals surface area contributed by atoms with E-state index in [0.717, 1.165) is 0 Å². The maximum absolute atomic E-state index is 13.2. The Hall–Kier alpha value is -1.62. The van der Waals surface area contributed by atoms with Crippen LogP contribution in [0.1, 0.15) is 6.92 Å². The van der Waals surface area contributed by atoms with Crippen LogP contribution in [0.2, 0.25) is 0 Å². The van der Waals surface area contributed by atoms with Crippen molar-refractivity contribution in [1.29, 1.82) is 0 Å². The van der Waals surface area contributed by atoms with Crippen molar-refractivity contribution in [2.75, 3.05) is 32.1 Å². The van der Waals surface area contributed by atoms with Gasteiger partial charge in [0.1, 0.15) is 11.6 Å². The number of nitrogens with one attached hydrogen (secondary N) is 1. The van der Waals surface area contributed by atoms with Crippen LogP contribution < -0.4 is 15.0 Å². The van der Waals surface area contributed by atoms with Crippen LogP contribution >= 0.6 is 0 Å². The van der Waals surface area contributed by atoms with Gasteiger partial charge in [0.05, 0.1) is 19.3 Å². The van der Waals surface area contributed by atoms with Gasteiger partial charge in [0.25, 0.3) is 0 Å². The number of carbonyl (C=O) groups excluding carboxylic acids is 1. The Morgan fingerprint density at radius 3 is 2.82 bits per heavy atom. The summed E-state index contributed by atoms with van der Waals surface area (Å²) in [5, 5.41) is 2.93. The van der Waals surface area contributed by atoms with Crippen molar-refractivity contribution in [3.8, 4) is 5.75 Å². The number of methoxy groups -OCH3 is 1. The van der Waals surface area contributed by atoms with Gasteiger partial charge in [-0.05, 0) is 18.7 Å². The van der Waals surface area contributed by atoms with E-state index < -0.39 is 5.82 Å². The molecule has 4 nitrogen and oxygen atoms in total. The van der Waals surface area contributed by atoms with Crippen LogP contribution in [-0.4, -0.2) is 33.2 Å². The molecule has 1 N–H and O–H groups in total. The number of ether oxygens (including phenoxy) is 1. The van der Waals surface area contributed by atoms with E-state index in [9.17, 15) is 9.18 Å². The summed E-state index contributed by atoms with van der Waals surface area (Å²) in [5.41, 5.74) is 0.426. The molecule has 0 atom stereocenters. The fourth-order valence-corrected chi connectivity index (χ4v) is 1.41. The third-order valence-corrected chi connectivity index (χ3v) is 2.40. The summed E-state index contributed by atoms with van der Waals surface area (Å²) >= 11 is 0. The molecule has 94 valence electrons. The van der Waals surface area contributed by atoms with E-state index in [1.54, 1.807) is 7.05 Å². The molecule has 0 aliphatic heterocycles. The molecule has 1 aromatic carbocycles. The van der Waals surface area contributed by atoms with Gasteiger partial charge in [0.15, 0.2) is 0 Å². The average Bonchev–Trinajstić information content (AvgIpc) is 2.34. The minimum Gasteiger partial charge on any atom is -0.495 e. The Kier molecular flexibility index (Phi) is 4.90. The number of hydrogen-bond donors (Lipinski definition) is 1. The van der Waals surface area contributed by atoms with Crippen LogP contribution in [0.5, 0.6) is 5.75 Å². The predicted molar refractivity (Wildman–Crippen MR) is 64.9 cm³/mol. The Bertz CT molecular complexity index is 396. The summed E-state index contributed by atoms with van der Waals surface area (Å²) in [6, 6.07) is 4.08. The SMILES string of the molecule is CCNCC(=O)N(C)c1cc(F)ccc1OC. The van der Waals surface area contributed by atoms with Gasteiger partial charge in [-0.15, -0.1) is 0 Å². The van der Waals surface area contributed by atoms with Crippen LogP contribution in [0.15, 0.2) is 18.2 Å². The monoisotopic (exact) mass is 240 g/mol. The van der Waals surface area contributed by atoms with Crippen LogP contribution in [0.4, 0.5) is 10.1 Å². The summed E-state index contributed by atoms with van der Waals surface area (Å²) in [4.78, 5) is 13.1. The van der Waals surface area contributed by atoms with Crippen molar-refractivity contribution in [1.82, 2.24) is 5.32 Å². The van der Waals surface area contributed by atoms with Gasteiger partial charge in [0.2, 0.25) is 5.91 Å². The first-order valence-corrected chi connectivity index (χ1v) is 5.41. The van der Waals surface area contributed by atoms with Crippen molar-refractivity contribution >= 4 is 11.6 Å². The largest absolute Gasteiger partial charge is 0.495 e. The number of carbonyl (C=O) groups is 1. The molecule has 1 rings (SSSR count). The molecule has 0 saturated heterocycles. The first kappa shape index (κ1) is 13.4. The molecule has 0 spiro atoms. The summed E-state index contributed by atoms with van der Waals surface area (Å²) in [5.74, 6) is -0.0709. The van der Waals surface area contributed by atoms with Crippen LogP contribution in [0.3, 0.4) is 0 Å². The molecule has 0 heterocycles. The van der Waals surface area contributed by atoms with Crippen LogP contribution in [-0.2, 0) is 4.79 Å². The van der Waals surface area contributed by atoms with E-state index in [0.29, 0.717) is 18.0 Å². The number of hydrogen-bond acceptors (Lipinski definition) is 3.